The normalized spacial score (nSPS) is 14.1. The minimum atomic E-state index is 0.566. The van der Waals surface area contributed by atoms with Crippen molar-refractivity contribution in [2.75, 3.05) is 0 Å². The molecule has 0 heteroatoms. The van der Waals surface area contributed by atoms with Crippen LogP contribution in [0, 0.1) is 6.92 Å². The molecule has 0 saturated heterocycles. The largest absolute Gasteiger partial charge is 0.103 e. The Hall–Kier alpha value is -1.04. The summed E-state index contributed by atoms with van der Waals surface area (Å²) in [5, 5.41) is 0. The molecule has 0 spiro atoms. The first kappa shape index (κ1) is 20.0. The molecule has 0 amide bonds. The number of unbranched alkanes of at least 4 members (excludes halogenated alkanes) is 1. The summed E-state index contributed by atoms with van der Waals surface area (Å²) in [7, 11) is 0. The van der Waals surface area contributed by atoms with Gasteiger partial charge in [0.25, 0.3) is 0 Å². The van der Waals surface area contributed by atoms with Gasteiger partial charge in [-0.2, -0.15) is 0 Å². The van der Waals surface area contributed by atoms with E-state index in [4.69, 9.17) is 0 Å². The van der Waals surface area contributed by atoms with Gasteiger partial charge in [-0.05, 0) is 78.2 Å². The number of allylic oxidation sites excluding steroid dienone is 1. The van der Waals surface area contributed by atoms with Crippen molar-refractivity contribution in [1.82, 2.24) is 0 Å². The van der Waals surface area contributed by atoms with Crippen LogP contribution in [0.4, 0.5) is 0 Å². The number of hydrogen-bond acceptors (Lipinski definition) is 0. The number of aryl methyl sites for hydroxylation is 1. The molecule has 130 valence electrons. The molecule has 0 aliphatic rings. The lowest BCUT2D eigenvalue weighted by Crippen LogP contribution is -2.12. The molecule has 0 radical (unpaired) electrons. The van der Waals surface area contributed by atoms with E-state index in [1.807, 2.05) is 0 Å². The highest BCUT2D eigenvalue weighted by Gasteiger charge is 2.23. The fourth-order valence-corrected chi connectivity index (χ4v) is 3.94. The summed E-state index contributed by atoms with van der Waals surface area (Å²) in [6, 6.07) is 2.49. The van der Waals surface area contributed by atoms with E-state index >= 15 is 0 Å². The van der Waals surface area contributed by atoms with Crippen LogP contribution < -0.4 is 0 Å². The van der Waals surface area contributed by atoms with Crippen molar-refractivity contribution in [2.24, 2.45) is 0 Å². The lowest BCUT2D eigenvalue weighted by atomic mass is 9.76. The Morgan fingerprint density at radius 1 is 1.04 bits per heavy atom. The van der Waals surface area contributed by atoms with Crippen LogP contribution in [-0.4, -0.2) is 0 Å². The zero-order valence-corrected chi connectivity index (χ0v) is 16.6. The monoisotopic (exact) mass is 314 g/mol. The number of rotatable bonds is 9. The smallest absolute Gasteiger partial charge is 0.0153 e. The first-order chi connectivity index (χ1) is 10.9. The minimum Gasteiger partial charge on any atom is -0.103 e. The van der Waals surface area contributed by atoms with Gasteiger partial charge in [0.2, 0.25) is 0 Å². The number of hydrogen-bond donors (Lipinski definition) is 0. The van der Waals surface area contributed by atoms with Crippen LogP contribution in [0.15, 0.2) is 18.7 Å². The molecule has 0 fully saturated rings. The van der Waals surface area contributed by atoms with E-state index < -0.39 is 0 Å². The fraction of sp³-hybridized carbons (Fsp3) is 0.652. The number of benzene rings is 1. The molecule has 0 bridgehead atoms. The van der Waals surface area contributed by atoms with Crippen molar-refractivity contribution in [3.63, 3.8) is 0 Å². The molecule has 1 rings (SSSR count). The molecule has 2 atom stereocenters. The van der Waals surface area contributed by atoms with E-state index in [1.54, 1.807) is 22.3 Å². The van der Waals surface area contributed by atoms with Crippen LogP contribution in [0.3, 0.4) is 0 Å². The van der Waals surface area contributed by atoms with Crippen molar-refractivity contribution in [3.05, 3.63) is 46.5 Å². The molecule has 0 aliphatic heterocycles. The second-order valence-corrected chi connectivity index (χ2v) is 7.58. The van der Waals surface area contributed by atoms with Crippen LogP contribution >= 0.6 is 0 Å². The van der Waals surface area contributed by atoms with Crippen LogP contribution in [0.2, 0.25) is 0 Å². The zero-order valence-electron chi connectivity index (χ0n) is 16.6. The highest BCUT2D eigenvalue weighted by molar-refractivity contribution is 5.50. The molecule has 0 aliphatic carbocycles. The van der Waals surface area contributed by atoms with Gasteiger partial charge in [-0.3, -0.25) is 0 Å². The summed E-state index contributed by atoms with van der Waals surface area (Å²) in [6.45, 7) is 20.4. The average Bonchev–Trinajstić information content (AvgIpc) is 2.51. The van der Waals surface area contributed by atoms with Gasteiger partial charge in [-0.1, -0.05) is 60.1 Å². The maximum absolute atomic E-state index is 3.96. The average molecular weight is 315 g/mol. The van der Waals surface area contributed by atoms with Crippen molar-refractivity contribution in [2.45, 2.75) is 98.3 Å². The minimum absolute atomic E-state index is 0.566. The molecule has 0 heterocycles. The van der Waals surface area contributed by atoms with E-state index in [0.29, 0.717) is 17.8 Å². The van der Waals surface area contributed by atoms with Gasteiger partial charge in [0.15, 0.2) is 0 Å². The standard InChI is InChI=1S/C23H38/c1-9-12-14-20-22(16(4)5)19(8)15-21(18(7)13-10-2)23(20)17(6)11-3/h10,15-18H,2,9,11-14H2,1,3-8H3. The van der Waals surface area contributed by atoms with Crippen LogP contribution in [0.5, 0.6) is 0 Å². The summed E-state index contributed by atoms with van der Waals surface area (Å²) in [5.74, 6) is 1.81. The summed E-state index contributed by atoms with van der Waals surface area (Å²) in [4.78, 5) is 0. The van der Waals surface area contributed by atoms with Crippen LogP contribution in [-0.2, 0) is 6.42 Å². The Labute approximate surface area is 145 Å². The maximum atomic E-state index is 3.96. The highest BCUT2D eigenvalue weighted by Crippen LogP contribution is 2.39. The van der Waals surface area contributed by atoms with Gasteiger partial charge in [0.05, 0.1) is 0 Å². The summed E-state index contributed by atoms with van der Waals surface area (Å²) in [6.07, 6.45) is 8.15. The second-order valence-electron chi connectivity index (χ2n) is 7.58. The van der Waals surface area contributed by atoms with Gasteiger partial charge >= 0.3 is 0 Å². The van der Waals surface area contributed by atoms with E-state index in [9.17, 15) is 0 Å². The van der Waals surface area contributed by atoms with Crippen LogP contribution in [0.1, 0.15) is 113 Å². The fourth-order valence-electron chi connectivity index (χ4n) is 3.94. The first-order valence-corrected chi connectivity index (χ1v) is 9.65. The van der Waals surface area contributed by atoms with E-state index in [-0.39, 0.29) is 0 Å². The lowest BCUT2D eigenvalue weighted by molar-refractivity contribution is 0.663. The Morgan fingerprint density at radius 2 is 1.70 bits per heavy atom. The van der Waals surface area contributed by atoms with Crippen LogP contribution in [0.25, 0.3) is 0 Å². The molecule has 1 aromatic rings. The Kier molecular flexibility index (Phi) is 8.09. The van der Waals surface area contributed by atoms with Gasteiger partial charge in [-0.25, -0.2) is 0 Å². The molecular formula is C23H38. The van der Waals surface area contributed by atoms with Crippen molar-refractivity contribution >= 4 is 0 Å². The van der Waals surface area contributed by atoms with Crippen molar-refractivity contribution in [1.29, 1.82) is 0 Å². The molecule has 0 aromatic heterocycles. The third kappa shape index (κ3) is 4.72. The molecule has 0 nitrogen and oxygen atoms in total. The van der Waals surface area contributed by atoms with E-state index in [0.717, 1.165) is 6.42 Å². The molecule has 23 heavy (non-hydrogen) atoms. The molecular weight excluding hydrogens is 276 g/mol. The summed E-state index contributed by atoms with van der Waals surface area (Å²) >= 11 is 0. The molecule has 0 N–H and O–H groups in total. The molecule has 1 aromatic carbocycles. The third-order valence-corrected chi connectivity index (χ3v) is 5.27. The summed E-state index contributed by atoms with van der Waals surface area (Å²) in [5.41, 5.74) is 8.01. The third-order valence-electron chi connectivity index (χ3n) is 5.27. The Bertz CT molecular complexity index is 507. The van der Waals surface area contributed by atoms with Crippen molar-refractivity contribution < 1.29 is 0 Å². The van der Waals surface area contributed by atoms with E-state index in [1.165, 1.54) is 31.2 Å². The van der Waals surface area contributed by atoms with E-state index in [2.05, 4.69) is 67.2 Å². The Morgan fingerprint density at radius 3 is 2.17 bits per heavy atom. The second kappa shape index (κ2) is 9.30. The maximum Gasteiger partial charge on any atom is -0.0153 e. The molecule has 0 saturated carbocycles. The van der Waals surface area contributed by atoms with Gasteiger partial charge in [0.1, 0.15) is 0 Å². The topological polar surface area (TPSA) is 0 Å². The Balaban J connectivity index is 3.63. The first-order valence-electron chi connectivity index (χ1n) is 9.65. The van der Waals surface area contributed by atoms with Gasteiger partial charge in [0, 0.05) is 0 Å². The van der Waals surface area contributed by atoms with Gasteiger partial charge in [-0.15, -0.1) is 6.58 Å². The van der Waals surface area contributed by atoms with Crippen molar-refractivity contribution in [3.8, 4) is 0 Å². The predicted molar refractivity (Wildman–Crippen MR) is 106 cm³/mol. The lowest BCUT2D eigenvalue weighted by Gasteiger charge is -2.28. The molecule has 2 unspecified atom stereocenters. The summed E-state index contributed by atoms with van der Waals surface area (Å²) < 4.78 is 0. The predicted octanol–water partition coefficient (Wildman–Crippen LogP) is 7.65. The van der Waals surface area contributed by atoms with Gasteiger partial charge < -0.3 is 0 Å². The SMILES string of the molecule is C=CCC(C)c1cc(C)c(C(C)C)c(CCCC)c1C(C)CC. The quantitative estimate of drug-likeness (QED) is 0.410. The zero-order chi connectivity index (χ0) is 17.6. The highest BCUT2D eigenvalue weighted by atomic mass is 14.3.